The smallest absolute Gasteiger partial charge is 0.321 e. The van der Waals surface area contributed by atoms with Gasteiger partial charge in [0.1, 0.15) is 5.60 Å². The number of nitrogens with one attached hydrogen (secondary N) is 2. The molecule has 31 heavy (non-hydrogen) atoms. The molecule has 3 amide bonds. The lowest BCUT2D eigenvalue weighted by Gasteiger charge is -2.18. The van der Waals surface area contributed by atoms with E-state index in [1.807, 2.05) is 56.3 Å². The first-order valence-corrected chi connectivity index (χ1v) is 10.3. The number of fused-ring (bicyclic) bond motifs is 1. The van der Waals surface area contributed by atoms with Crippen LogP contribution >= 0.6 is 0 Å². The molecule has 0 radical (unpaired) electrons. The number of hydrogen-bond donors (Lipinski definition) is 2. The second-order valence-corrected chi connectivity index (χ2v) is 8.08. The summed E-state index contributed by atoms with van der Waals surface area (Å²) >= 11 is 0. The highest BCUT2D eigenvalue weighted by Gasteiger charge is 2.32. The molecule has 2 aromatic carbocycles. The Balaban J connectivity index is 1.24. The first-order valence-electron chi connectivity index (χ1n) is 10.3. The second-order valence-electron chi connectivity index (χ2n) is 8.08. The quantitative estimate of drug-likeness (QED) is 0.730. The fraction of sp³-hybridized carbons (Fsp3) is 0.333. The maximum Gasteiger partial charge on any atom is 0.321 e. The Hall–Kier alpha value is -3.66. The van der Waals surface area contributed by atoms with E-state index in [0.717, 1.165) is 29.0 Å². The third-order valence-corrected chi connectivity index (χ3v) is 5.06. The van der Waals surface area contributed by atoms with Gasteiger partial charge < -0.3 is 20.1 Å². The van der Waals surface area contributed by atoms with Gasteiger partial charge in [-0.05, 0) is 44.2 Å². The van der Waals surface area contributed by atoms with Gasteiger partial charge in [-0.3, -0.25) is 9.69 Å². The molecule has 1 fully saturated rings. The van der Waals surface area contributed by atoms with Gasteiger partial charge in [0.15, 0.2) is 18.1 Å². The number of hydrogen-bond acceptors (Lipinski definition) is 4. The van der Waals surface area contributed by atoms with Gasteiger partial charge in [0.2, 0.25) is 0 Å². The van der Waals surface area contributed by atoms with Gasteiger partial charge in [-0.15, -0.1) is 0 Å². The fourth-order valence-electron chi connectivity index (χ4n) is 3.63. The number of para-hydroxylation sites is 1. The third-order valence-electron chi connectivity index (χ3n) is 5.06. The van der Waals surface area contributed by atoms with Crippen LogP contribution in [0.25, 0.3) is 0 Å². The van der Waals surface area contributed by atoms with Crippen LogP contribution in [0.5, 0.6) is 11.5 Å². The Morgan fingerprint density at radius 1 is 1.26 bits per heavy atom. The molecular formula is C24H25N3O4. The van der Waals surface area contributed by atoms with Crippen LogP contribution in [-0.4, -0.2) is 43.8 Å². The summed E-state index contributed by atoms with van der Waals surface area (Å²) in [6.45, 7) is 5.48. The first kappa shape index (κ1) is 20.6. The van der Waals surface area contributed by atoms with Gasteiger partial charge >= 0.3 is 6.03 Å². The number of carbonyl (C=O) groups is 2. The van der Waals surface area contributed by atoms with E-state index >= 15 is 0 Å². The van der Waals surface area contributed by atoms with E-state index < -0.39 is 0 Å². The monoisotopic (exact) mass is 419 g/mol. The summed E-state index contributed by atoms with van der Waals surface area (Å²) in [7, 11) is 0. The van der Waals surface area contributed by atoms with Crippen molar-refractivity contribution in [3.05, 3.63) is 53.6 Å². The van der Waals surface area contributed by atoms with E-state index in [9.17, 15) is 9.59 Å². The first-order chi connectivity index (χ1) is 14.9. The van der Waals surface area contributed by atoms with Crippen LogP contribution in [0.15, 0.2) is 42.5 Å². The molecule has 2 N–H and O–H groups in total. The molecule has 0 unspecified atom stereocenters. The van der Waals surface area contributed by atoms with Crippen molar-refractivity contribution >= 4 is 17.6 Å². The maximum atomic E-state index is 12.1. The predicted molar refractivity (Wildman–Crippen MR) is 117 cm³/mol. The number of nitrogens with zero attached hydrogens (tertiary/aromatic N) is 1. The number of urea groups is 1. The molecule has 4 rings (SSSR count). The molecule has 160 valence electrons. The van der Waals surface area contributed by atoms with Crippen molar-refractivity contribution in [2.75, 3.05) is 31.1 Å². The predicted octanol–water partition coefficient (Wildman–Crippen LogP) is 2.48. The molecule has 7 nitrogen and oxygen atoms in total. The van der Waals surface area contributed by atoms with Crippen molar-refractivity contribution in [3.8, 4) is 23.3 Å². The number of carbonyl (C=O) groups excluding carboxylic acids is 2. The second kappa shape index (κ2) is 8.60. The summed E-state index contributed by atoms with van der Waals surface area (Å²) in [6, 6.07) is 13.1. The lowest BCUT2D eigenvalue weighted by Crippen LogP contribution is -2.29. The summed E-state index contributed by atoms with van der Waals surface area (Å²) in [5, 5.41) is 5.50. The average Bonchev–Trinajstić information content (AvgIpc) is 3.31. The minimum atomic E-state index is -0.265. The number of benzene rings is 2. The number of ether oxygens (including phenoxy) is 2. The molecule has 2 heterocycles. The van der Waals surface area contributed by atoms with Crippen LogP contribution in [0, 0.1) is 11.8 Å². The zero-order valence-electron chi connectivity index (χ0n) is 17.7. The van der Waals surface area contributed by atoms with Crippen molar-refractivity contribution in [1.82, 2.24) is 10.6 Å². The number of anilines is 1. The molecule has 2 aliphatic rings. The molecule has 2 aromatic rings. The van der Waals surface area contributed by atoms with Crippen molar-refractivity contribution < 1.29 is 19.1 Å². The van der Waals surface area contributed by atoms with Crippen molar-refractivity contribution in [2.45, 2.75) is 25.9 Å². The number of rotatable bonds is 5. The van der Waals surface area contributed by atoms with E-state index in [4.69, 9.17) is 9.47 Å². The Bertz CT molecular complexity index is 1050. The van der Waals surface area contributed by atoms with E-state index in [1.54, 1.807) is 4.90 Å². The molecule has 0 spiro atoms. The van der Waals surface area contributed by atoms with E-state index in [-0.39, 0.29) is 30.7 Å². The molecule has 7 heteroatoms. The molecular weight excluding hydrogens is 394 g/mol. The van der Waals surface area contributed by atoms with Crippen LogP contribution in [-0.2, 0) is 11.2 Å². The fourth-order valence-corrected chi connectivity index (χ4v) is 3.63. The Kier molecular flexibility index (Phi) is 5.72. The highest BCUT2D eigenvalue weighted by Crippen LogP contribution is 2.41. The van der Waals surface area contributed by atoms with Crippen molar-refractivity contribution in [3.63, 3.8) is 0 Å². The topological polar surface area (TPSA) is 79.9 Å². The summed E-state index contributed by atoms with van der Waals surface area (Å²) in [6.07, 6.45) is 0.813. The summed E-state index contributed by atoms with van der Waals surface area (Å²) < 4.78 is 11.6. The highest BCUT2D eigenvalue weighted by atomic mass is 16.5. The van der Waals surface area contributed by atoms with Crippen LogP contribution in [0.2, 0.25) is 0 Å². The largest absolute Gasteiger partial charge is 0.483 e. The van der Waals surface area contributed by atoms with Crippen LogP contribution in [0.4, 0.5) is 10.5 Å². The normalized spacial score (nSPS) is 15.9. The van der Waals surface area contributed by atoms with Crippen molar-refractivity contribution in [2.24, 2.45) is 0 Å². The molecule has 0 aliphatic carbocycles. The average molecular weight is 419 g/mol. The van der Waals surface area contributed by atoms with Gasteiger partial charge in [0.25, 0.3) is 5.91 Å². The van der Waals surface area contributed by atoms with Gasteiger partial charge in [-0.2, -0.15) is 0 Å². The zero-order valence-corrected chi connectivity index (χ0v) is 17.7. The number of amides is 3. The third kappa shape index (κ3) is 4.92. The van der Waals surface area contributed by atoms with E-state index in [0.29, 0.717) is 18.8 Å². The molecule has 0 atom stereocenters. The van der Waals surface area contributed by atoms with Gasteiger partial charge in [-0.1, -0.05) is 24.0 Å². The lowest BCUT2D eigenvalue weighted by molar-refractivity contribution is -0.122. The van der Waals surface area contributed by atoms with Crippen molar-refractivity contribution in [1.29, 1.82) is 0 Å². The molecule has 0 saturated carbocycles. The van der Waals surface area contributed by atoms with E-state index in [1.165, 1.54) is 0 Å². The zero-order chi connectivity index (χ0) is 21.8. The van der Waals surface area contributed by atoms with Gasteiger partial charge in [0.05, 0.1) is 6.54 Å². The van der Waals surface area contributed by atoms with Crippen LogP contribution in [0.1, 0.15) is 25.0 Å². The molecule has 0 aromatic heterocycles. The Labute approximate surface area is 181 Å². The summed E-state index contributed by atoms with van der Waals surface area (Å²) in [5.41, 5.74) is 2.48. The van der Waals surface area contributed by atoms with Gasteiger partial charge in [0, 0.05) is 36.3 Å². The maximum absolute atomic E-state index is 12.1. The van der Waals surface area contributed by atoms with Crippen LogP contribution in [0.3, 0.4) is 0 Å². The van der Waals surface area contributed by atoms with E-state index in [2.05, 4.69) is 22.5 Å². The molecule has 2 aliphatic heterocycles. The van der Waals surface area contributed by atoms with Gasteiger partial charge in [-0.25, -0.2) is 4.79 Å². The SMILES string of the molecule is CC1(C)Cc2cccc(OCC(=O)NCC#Cc3ccc(N4CCNC4=O)cc3)c2O1. The minimum absolute atomic E-state index is 0.0838. The lowest BCUT2D eigenvalue weighted by atomic mass is 10.0. The Morgan fingerprint density at radius 2 is 2.06 bits per heavy atom. The standard InChI is InChI=1S/C24H25N3O4/c1-24(2)15-18-6-3-7-20(22(18)31-24)30-16-21(28)25-12-4-5-17-8-10-19(11-9-17)27-14-13-26-23(27)29/h3,6-11H,12-16H2,1-2H3,(H,25,28)(H,26,29). The van der Waals surface area contributed by atoms with Crippen LogP contribution < -0.4 is 25.0 Å². The summed E-state index contributed by atoms with van der Waals surface area (Å²) in [5.74, 6) is 6.97. The minimum Gasteiger partial charge on any atom is -0.483 e. The highest BCUT2D eigenvalue weighted by molar-refractivity contribution is 5.94. The summed E-state index contributed by atoms with van der Waals surface area (Å²) in [4.78, 5) is 25.5. The Morgan fingerprint density at radius 3 is 2.81 bits per heavy atom. The molecule has 0 bridgehead atoms. The molecule has 1 saturated heterocycles.